The highest BCUT2D eigenvalue weighted by molar-refractivity contribution is 6.02. The Morgan fingerprint density at radius 3 is 2.72 bits per heavy atom. The third-order valence-corrected chi connectivity index (χ3v) is 2.23. The molecule has 5 N–H and O–H groups in total. The Hall–Kier alpha value is -2.84. The van der Waals surface area contributed by atoms with Gasteiger partial charge in [0.05, 0.1) is 5.39 Å². The first-order chi connectivity index (χ1) is 8.40. The number of carboxylic acid groups (broad SMARTS) is 1. The van der Waals surface area contributed by atoms with Crippen LogP contribution in [0.4, 0.5) is 0 Å². The van der Waals surface area contributed by atoms with Crippen molar-refractivity contribution in [1.82, 2.24) is 14.8 Å². The fraction of sp³-hybridized carbons (Fsp3) is 0.111. The van der Waals surface area contributed by atoms with Crippen LogP contribution in [0.5, 0.6) is 5.75 Å². The number of aromatic carboxylic acids is 1. The number of carbonyl (C=O) groups is 2. The lowest BCUT2D eigenvalue weighted by Gasteiger charge is -1.99. The van der Waals surface area contributed by atoms with Gasteiger partial charge in [0.2, 0.25) is 5.91 Å². The minimum atomic E-state index is -1.40. The van der Waals surface area contributed by atoms with Gasteiger partial charge in [0.15, 0.2) is 5.69 Å². The van der Waals surface area contributed by atoms with E-state index in [2.05, 4.69) is 10.1 Å². The first-order valence-electron chi connectivity index (χ1n) is 4.74. The number of aromatic amines is 1. The molecule has 2 aromatic rings. The average Bonchev–Trinajstić information content (AvgIpc) is 2.56. The van der Waals surface area contributed by atoms with E-state index in [1.165, 1.54) is 0 Å². The Morgan fingerprint density at radius 2 is 2.17 bits per heavy atom. The molecule has 9 nitrogen and oxygen atoms in total. The summed E-state index contributed by atoms with van der Waals surface area (Å²) < 4.78 is 0.919. The van der Waals surface area contributed by atoms with E-state index in [0.29, 0.717) is 0 Å². The second-order valence-corrected chi connectivity index (χ2v) is 3.52. The van der Waals surface area contributed by atoms with Gasteiger partial charge in [0, 0.05) is 6.07 Å². The van der Waals surface area contributed by atoms with Crippen LogP contribution in [0.3, 0.4) is 0 Å². The van der Waals surface area contributed by atoms with Crippen molar-refractivity contribution < 1.29 is 19.8 Å². The number of H-pyrrole nitrogens is 1. The number of nitrogens with zero attached hydrogens (tertiary/aromatic N) is 2. The maximum Gasteiger partial charge on any atom is 0.357 e. The van der Waals surface area contributed by atoms with E-state index in [0.717, 1.165) is 10.7 Å². The smallest absolute Gasteiger partial charge is 0.357 e. The lowest BCUT2D eigenvalue weighted by Crippen LogP contribution is -2.20. The number of primary amides is 1. The predicted molar refractivity (Wildman–Crippen MR) is 58.2 cm³/mol. The zero-order valence-corrected chi connectivity index (χ0v) is 8.88. The van der Waals surface area contributed by atoms with E-state index in [9.17, 15) is 19.5 Å². The zero-order valence-electron chi connectivity index (χ0n) is 8.88. The molecule has 18 heavy (non-hydrogen) atoms. The summed E-state index contributed by atoms with van der Waals surface area (Å²) in [6.45, 7) is -0.414. The molecule has 9 heteroatoms. The van der Waals surface area contributed by atoms with Gasteiger partial charge in [-0.15, -0.1) is 0 Å². The molecule has 0 aliphatic carbocycles. The number of fused-ring (bicyclic) bond motifs is 1. The zero-order chi connectivity index (χ0) is 13.4. The number of carbonyl (C=O) groups excluding carboxylic acids is 1. The second kappa shape index (κ2) is 3.87. The first-order valence-corrected chi connectivity index (χ1v) is 4.74. The fourth-order valence-corrected chi connectivity index (χ4v) is 1.59. The number of aromatic nitrogens is 3. The molecular weight excluding hydrogens is 244 g/mol. The van der Waals surface area contributed by atoms with Crippen LogP contribution >= 0.6 is 0 Å². The summed E-state index contributed by atoms with van der Waals surface area (Å²) in [4.78, 5) is 35.3. The maximum atomic E-state index is 11.2. The Kier molecular flexibility index (Phi) is 2.51. The third kappa shape index (κ3) is 1.77. The minimum absolute atomic E-state index is 0.0730. The van der Waals surface area contributed by atoms with E-state index in [4.69, 9.17) is 10.8 Å². The molecule has 0 aliphatic rings. The van der Waals surface area contributed by atoms with Crippen molar-refractivity contribution in [2.75, 3.05) is 0 Å². The molecule has 1 amide bonds. The van der Waals surface area contributed by atoms with Gasteiger partial charge in [-0.3, -0.25) is 9.59 Å². The molecule has 0 radical (unpaired) electrons. The largest absolute Gasteiger partial charge is 0.507 e. The molecule has 0 unspecified atom stereocenters. The van der Waals surface area contributed by atoms with Gasteiger partial charge in [-0.2, -0.15) is 5.10 Å². The van der Waals surface area contributed by atoms with Crippen LogP contribution in [0.25, 0.3) is 11.0 Å². The molecule has 2 rings (SSSR count). The van der Waals surface area contributed by atoms with E-state index in [1.807, 2.05) is 0 Å². The van der Waals surface area contributed by atoms with Gasteiger partial charge in [-0.05, 0) is 0 Å². The average molecular weight is 252 g/mol. The third-order valence-electron chi connectivity index (χ3n) is 2.23. The van der Waals surface area contributed by atoms with Gasteiger partial charge in [-0.1, -0.05) is 0 Å². The number of nitrogens with one attached hydrogen (secondary N) is 1. The highest BCUT2D eigenvalue weighted by Crippen LogP contribution is 2.24. The van der Waals surface area contributed by atoms with Gasteiger partial charge in [-0.25, -0.2) is 9.48 Å². The SMILES string of the molecule is NC(=O)Cn1nc(C(=O)O)c2c(O)cc(=O)[nH]c21. The van der Waals surface area contributed by atoms with Crippen LogP contribution in [0.15, 0.2) is 10.9 Å². The number of hydrogen-bond donors (Lipinski definition) is 4. The summed E-state index contributed by atoms with van der Waals surface area (Å²) in [6.07, 6.45) is 0. The topological polar surface area (TPSA) is 151 Å². The molecule has 0 atom stereocenters. The summed E-state index contributed by atoms with van der Waals surface area (Å²) >= 11 is 0. The molecule has 94 valence electrons. The van der Waals surface area contributed by atoms with Gasteiger partial charge in [0.1, 0.15) is 17.9 Å². The molecule has 0 bridgehead atoms. The molecule has 2 aromatic heterocycles. The molecule has 0 aliphatic heterocycles. The Labute approximate surface area is 98.4 Å². The van der Waals surface area contributed by atoms with Crippen molar-refractivity contribution in [3.63, 3.8) is 0 Å². The van der Waals surface area contributed by atoms with E-state index in [-0.39, 0.29) is 11.0 Å². The van der Waals surface area contributed by atoms with Gasteiger partial charge < -0.3 is 20.9 Å². The van der Waals surface area contributed by atoms with Crippen LogP contribution in [0, 0.1) is 0 Å². The van der Waals surface area contributed by atoms with E-state index in [1.54, 1.807) is 0 Å². The standard InChI is InChI=1S/C9H8N4O5/c10-4(15)2-13-8-6(7(12-13)9(17)18)3(14)1-5(16)11-8/h1H,2H2,(H2,10,15)(H,17,18)(H2,11,14,16). The van der Waals surface area contributed by atoms with Crippen LogP contribution in [-0.2, 0) is 11.3 Å². The maximum absolute atomic E-state index is 11.2. The summed E-state index contributed by atoms with van der Waals surface area (Å²) in [5.74, 6) is -2.69. The number of aromatic hydroxyl groups is 1. The van der Waals surface area contributed by atoms with Crippen LogP contribution in [0.1, 0.15) is 10.5 Å². The number of amides is 1. The highest BCUT2D eigenvalue weighted by atomic mass is 16.4. The lowest BCUT2D eigenvalue weighted by atomic mass is 10.2. The van der Waals surface area contributed by atoms with Gasteiger partial charge in [0.25, 0.3) is 5.56 Å². The molecule has 2 heterocycles. The quantitative estimate of drug-likeness (QED) is 0.528. The van der Waals surface area contributed by atoms with Crippen molar-refractivity contribution >= 4 is 22.9 Å². The Morgan fingerprint density at radius 1 is 1.50 bits per heavy atom. The van der Waals surface area contributed by atoms with E-state index >= 15 is 0 Å². The first kappa shape index (κ1) is 11.6. The van der Waals surface area contributed by atoms with Crippen molar-refractivity contribution in [2.24, 2.45) is 5.73 Å². The normalized spacial score (nSPS) is 10.7. The Bertz CT molecular complexity index is 714. The number of nitrogens with two attached hydrogens (primary N) is 1. The van der Waals surface area contributed by atoms with Gasteiger partial charge >= 0.3 is 5.97 Å². The number of carboxylic acids is 1. The van der Waals surface area contributed by atoms with Crippen molar-refractivity contribution in [3.05, 3.63) is 22.1 Å². The van der Waals surface area contributed by atoms with Crippen LogP contribution in [-0.4, -0.2) is 36.9 Å². The number of hydrogen-bond acceptors (Lipinski definition) is 5. The minimum Gasteiger partial charge on any atom is -0.507 e. The number of pyridine rings is 1. The lowest BCUT2D eigenvalue weighted by molar-refractivity contribution is -0.118. The van der Waals surface area contributed by atoms with Crippen molar-refractivity contribution in [2.45, 2.75) is 6.54 Å². The fourth-order valence-electron chi connectivity index (χ4n) is 1.59. The van der Waals surface area contributed by atoms with Crippen LogP contribution in [0.2, 0.25) is 0 Å². The molecule has 0 saturated carbocycles. The molecule has 0 saturated heterocycles. The molecule has 0 fully saturated rings. The van der Waals surface area contributed by atoms with Crippen LogP contribution < -0.4 is 11.3 Å². The Balaban J connectivity index is 2.84. The molecule has 0 aromatic carbocycles. The summed E-state index contributed by atoms with van der Waals surface area (Å²) in [6, 6.07) is 0.824. The monoisotopic (exact) mass is 252 g/mol. The predicted octanol–water partition coefficient (Wildman–Crippen LogP) is -1.39. The summed E-state index contributed by atoms with van der Waals surface area (Å²) in [7, 11) is 0. The molecule has 0 spiro atoms. The van der Waals surface area contributed by atoms with Crippen molar-refractivity contribution in [1.29, 1.82) is 0 Å². The van der Waals surface area contributed by atoms with Crippen molar-refractivity contribution in [3.8, 4) is 5.75 Å². The highest BCUT2D eigenvalue weighted by Gasteiger charge is 2.21. The second-order valence-electron chi connectivity index (χ2n) is 3.52. The molecular formula is C9H8N4O5. The summed E-state index contributed by atoms with van der Waals surface area (Å²) in [5.41, 5.74) is 3.78. The van der Waals surface area contributed by atoms with E-state index < -0.39 is 35.4 Å². The summed E-state index contributed by atoms with van der Waals surface area (Å²) in [5, 5.41) is 22.0. The number of rotatable bonds is 3.